The number of nitrogens with two attached hydrogens (primary N) is 3. The van der Waals surface area contributed by atoms with Crippen molar-refractivity contribution < 1.29 is 115 Å². The summed E-state index contributed by atoms with van der Waals surface area (Å²) in [5, 5.41) is 46.9. The van der Waals surface area contributed by atoms with Crippen LogP contribution in [0.5, 0.6) is 0 Å². The van der Waals surface area contributed by atoms with Crippen molar-refractivity contribution in [1.29, 1.82) is 0 Å². The number of amides is 3. The molecule has 3 aromatic heterocycles. The summed E-state index contributed by atoms with van der Waals surface area (Å²) in [5.74, 6) is -7.70. The summed E-state index contributed by atoms with van der Waals surface area (Å²) >= 11 is 0. The van der Waals surface area contributed by atoms with Crippen LogP contribution in [0.25, 0.3) is 33.4 Å². The number of unbranched alkanes of at least 4 members (excludes halogenated alkanes) is 1. The Morgan fingerprint density at radius 3 is 2.02 bits per heavy atom. The van der Waals surface area contributed by atoms with Crippen LogP contribution in [0.2, 0.25) is 0 Å². The molecule has 2 saturated heterocycles. The molecule has 8 rings (SSSR count). The third-order valence-corrected chi connectivity index (χ3v) is 22.6. The number of cyclic esters (lactones) is 1. The molecule has 4 aromatic rings. The van der Waals surface area contributed by atoms with Gasteiger partial charge in [-0.25, -0.2) is 24.2 Å². The largest absolute Gasteiger partial charge is 0.459 e. The predicted molar refractivity (Wildman–Crippen MR) is 448 cm³/mol. The number of aromatic nitrogens is 5. The van der Waals surface area contributed by atoms with Gasteiger partial charge in [-0.1, -0.05) is 64.2 Å². The van der Waals surface area contributed by atoms with Crippen LogP contribution in [-0.4, -0.2) is 294 Å². The van der Waals surface area contributed by atoms with Crippen LogP contribution in [0, 0.1) is 29.6 Å². The number of alkyl carbamates (subject to hydrolysis) is 1. The number of nitrogens with one attached hydrogen (secondary N) is 2. The number of ether oxygens (including phenoxy) is 14. The van der Waals surface area contributed by atoms with Crippen molar-refractivity contribution in [3.8, 4) is 11.3 Å². The molecule has 11 N–H and O–H groups in total. The molecule has 35 heteroatoms. The second-order valence-electron chi connectivity index (χ2n) is 31.8. The van der Waals surface area contributed by atoms with Crippen LogP contribution in [0.3, 0.4) is 0 Å². The molecule has 3 aliphatic heterocycles. The lowest BCUT2D eigenvalue weighted by atomic mass is 9.80. The lowest BCUT2D eigenvalue weighted by Crippen LogP contribution is -2.61. The fourth-order valence-corrected chi connectivity index (χ4v) is 15.5. The van der Waals surface area contributed by atoms with Gasteiger partial charge in [0.2, 0.25) is 11.7 Å². The van der Waals surface area contributed by atoms with Crippen molar-refractivity contribution in [3.05, 3.63) is 72.1 Å². The van der Waals surface area contributed by atoms with Crippen molar-refractivity contribution in [1.82, 2.24) is 40.3 Å². The molecule has 0 radical (unpaired) electrons. The number of Topliss-reactive ketones (excluding diaryl/α,β-unsaturated/α-hetero) is 2. The van der Waals surface area contributed by atoms with E-state index in [0.29, 0.717) is 190 Å². The third-order valence-electron chi connectivity index (χ3n) is 22.6. The maximum absolute atomic E-state index is 14.7. The average molecular weight is 1710 g/mol. The van der Waals surface area contributed by atoms with Crippen molar-refractivity contribution in [2.75, 3.05) is 158 Å². The van der Waals surface area contributed by atoms with E-state index < -0.39 is 108 Å². The molecule has 3 amide bonds. The Kier molecular flexibility index (Phi) is 42.4. The molecule has 35 nitrogen and oxygen atoms in total. The molecule has 676 valence electrons. The van der Waals surface area contributed by atoms with E-state index in [1.165, 1.54) is 20.5 Å². The summed E-state index contributed by atoms with van der Waals surface area (Å²) in [4.78, 5) is 97.1. The topological polar surface area (TPSA) is 467 Å². The number of benzene rings is 1. The zero-order valence-corrected chi connectivity index (χ0v) is 72.0. The third kappa shape index (κ3) is 31.1. The van der Waals surface area contributed by atoms with Crippen LogP contribution < -0.4 is 27.8 Å². The summed E-state index contributed by atoms with van der Waals surface area (Å²) in [5.41, 5.74) is 23.5. The number of rotatable bonds is 40. The van der Waals surface area contributed by atoms with E-state index in [9.17, 15) is 44.1 Å². The highest BCUT2D eigenvalue weighted by Crippen LogP contribution is 2.39. The summed E-state index contributed by atoms with van der Waals surface area (Å²) in [6.45, 7) is 17.7. The van der Waals surface area contributed by atoms with E-state index in [4.69, 9.17) is 93.0 Å². The van der Waals surface area contributed by atoms with Gasteiger partial charge in [0.1, 0.15) is 53.8 Å². The van der Waals surface area contributed by atoms with Crippen LogP contribution >= 0.6 is 0 Å². The second kappa shape index (κ2) is 52.1. The van der Waals surface area contributed by atoms with E-state index in [2.05, 4.69) is 25.6 Å². The predicted octanol–water partition coefficient (Wildman–Crippen LogP) is 6.63. The molecule has 0 spiro atoms. The number of aryl methyl sites for hydroxylation is 1. The monoisotopic (exact) mass is 1700 g/mol. The summed E-state index contributed by atoms with van der Waals surface area (Å²) < 4.78 is 87.7. The van der Waals surface area contributed by atoms with Crippen molar-refractivity contribution in [2.45, 2.75) is 211 Å². The van der Waals surface area contributed by atoms with Gasteiger partial charge < -0.3 is 119 Å². The quantitative estimate of drug-likeness (QED) is 0.0100. The first kappa shape index (κ1) is 98.6. The first-order chi connectivity index (χ1) is 58.3. The fraction of sp³-hybridized carbons (Fsp3) is 0.698. The van der Waals surface area contributed by atoms with Gasteiger partial charge in [-0.2, -0.15) is 10.1 Å². The lowest BCUT2D eigenvalue weighted by molar-refractivity contribution is -0.265. The SMILES string of the molecule is CO[C@H]1C[C@@H]2CC[C@@H](C)[C@@](O)(O2)C(=O)C(=O)N2CCCC[C@H]2C(=O)O[C@H]([C@H](N)C[C@@H]2CC[C@@H](OC(=O)NCCOCCOCCOCCOCCOCCOCCOCCOCCC(=O)NCCCCn3nc(-c4ccc5oc(N)nc5c4)c4c(N)ncnc43)[C@H](OC)C2)C[C@@H](O)[C@H](C)/C=C(\C)[C@@H](O)[C@@H](OC)C(=O)[C@H](C)C[C@H](C)/C=C/C=C/C=C/1C. The van der Waals surface area contributed by atoms with Gasteiger partial charge in [0.15, 0.2) is 17.0 Å². The minimum atomic E-state index is -2.49. The minimum absolute atomic E-state index is 0.0174. The molecule has 2 bridgehead atoms. The number of carbonyl (C=O) groups is 6. The smallest absolute Gasteiger partial charge is 0.407 e. The van der Waals surface area contributed by atoms with Crippen LogP contribution in [-0.2, 0) is 96.8 Å². The highest BCUT2D eigenvalue weighted by Gasteiger charge is 2.53. The number of anilines is 2. The molecule has 1 aliphatic carbocycles. The highest BCUT2D eigenvalue weighted by atomic mass is 16.6. The van der Waals surface area contributed by atoms with Gasteiger partial charge in [0.25, 0.3) is 17.7 Å². The molecule has 1 aromatic carbocycles. The number of oxazole rings is 1. The Labute approximate surface area is 709 Å². The number of esters is 1. The maximum Gasteiger partial charge on any atom is 0.407 e. The lowest BCUT2D eigenvalue weighted by Gasteiger charge is -2.42. The van der Waals surface area contributed by atoms with Crippen molar-refractivity contribution >= 4 is 69.4 Å². The molecule has 6 heterocycles. The van der Waals surface area contributed by atoms with E-state index in [-0.39, 0.29) is 94.6 Å². The second-order valence-corrected chi connectivity index (χ2v) is 31.8. The Hall–Kier alpha value is -7.82. The standard InChI is InChI=1S/C86H133N11O24/c1-55-17-11-10-12-18-56(2)70(107-7)52-63-23-20-60(6)86(106,121-63)79(102)82(103)96-29-15-13-19-66(96)83(104)118-71(53-67(98)57(3)48-59(5)77(101)78(109-9)76(100)58(4)47-55)64(87)49-61-21-24-69(72(50-61)108-8)120-85(105)91-28-32-111-34-36-113-38-40-115-42-44-117-46-45-116-43-41-114-39-37-112-35-33-110-31-26-73(99)90-27-14-16-30-97-81-74(80(88)92-54-93-81)75(95-97)62-22-25-68-65(51-62)94-84(89)119-68/h10-12,17-18,22,25,48,51,54-55,57-58,60-61,63-64,66-67,69-72,77-78,98,101,106H,13-16,19-21,23-24,26-47,49-50,52-53,87H2,1-9H3,(H2,89,94)(H,90,99)(H,91,105)(H2,88,92,93)/b12-10+,17-11+,56-18+,59-48+/t55-,57-,58-,60-,61+,63+,64-,66+,67-,69-,70+,71+,72-,77-,78+,86-/m1/s1. The number of aliphatic hydroxyl groups is 3. The first-order valence-corrected chi connectivity index (χ1v) is 42.7. The number of piperidine rings is 1. The number of hydrogen-bond acceptors (Lipinski definition) is 31. The highest BCUT2D eigenvalue weighted by molar-refractivity contribution is 6.39. The Bertz CT molecular complexity index is 3970. The number of nitrogen functional groups attached to an aromatic ring is 2. The zero-order chi connectivity index (χ0) is 87.2. The van der Waals surface area contributed by atoms with E-state index >= 15 is 0 Å². The van der Waals surface area contributed by atoms with Crippen LogP contribution in [0.15, 0.2) is 76.5 Å². The number of hydrogen-bond donors (Lipinski definition) is 8. The van der Waals surface area contributed by atoms with E-state index in [1.807, 2.05) is 56.4 Å². The Morgan fingerprint density at radius 1 is 0.702 bits per heavy atom. The first-order valence-electron chi connectivity index (χ1n) is 42.7. The number of nitrogens with zero attached hydrogens (tertiary/aromatic N) is 6. The molecule has 121 heavy (non-hydrogen) atoms. The summed E-state index contributed by atoms with van der Waals surface area (Å²) in [6.07, 6.45) is 10.8. The normalized spacial score (nSPS) is 27.8. The summed E-state index contributed by atoms with van der Waals surface area (Å²) in [6, 6.07) is 3.44. The summed E-state index contributed by atoms with van der Waals surface area (Å²) in [7, 11) is 4.47. The number of aliphatic hydroxyl groups excluding tert-OH is 2. The van der Waals surface area contributed by atoms with Gasteiger partial charge in [0.05, 0.1) is 136 Å². The van der Waals surface area contributed by atoms with Crippen molar-refractivity contribution in [3.63, 3.8) is 0 Å². The number of fused-ring (bicyclic) bond motifs is 5. The molecule has 3 fully saturated rings. The van der Waals surface area contributed by atoms with Gasteiger partial charge in [0, 0.05) is 96.1 Å². The van der Waals surface area contributed by atoms with Gasteiger partial charge in [-0.3, -0.25) is 19.2 Å². The Balaban J connectivity index is 0.653. The molecule has 1 saturated carbocycles. The maximum atomic E-state index is 14.7. The van der Waals surface area contributed by atoms with E-state index in [1.54, 1.807) is 51.6 Å². The number of methoxy groups -OCH3 is 3. The Morgan fingerprint density at radius 2 is 1.36 bits per heavy atom. The molecule has 4 aliphatic rings. The van der Waals surface area contributed by atoms with Gasteiger partial charge in [-0.05, 0) is 132 Å². The van der Waals surface area contributed by atoms with Crippen LogP contribution in [0.1, 0.15) is 138 Å². The van der Waals surface area contributed by atoms with Gasteiger partial charge in [-0.15, -0.1) is 0 Å². The molecular formula is C86H133N11O24. The minimum Gasteiger partial charge on any atom is -0.459 e. The van der Waals surface area contributed by atoms with E-state index in [0.717, 1.165) is 28.9 Å². The average Bonchev–Trinajstić information content (AvgIpc) is 1.75. The molecule has 0 unspecified atom stereocenters. The van der Waals surface area contributed by atoms with Crippen LogP contribution in [0.4, 0.5) is 16.6 Å². The molecule has 16 atom stereocenters. The molecular weight excluding hydrogens is 1570 g/mol. The number of allylic oxidation sites excluding steroid dienone is 5. The van der Waals surface area contributed by atoms with Gasteiger partial charge >= 0.3 is 12.1 Å². The van der Waals surface area contributed by atoms with Crippen molar-refractivity contribution in [2.24, 2.45) is 35.3 Å². The number of carbonyl (C=O) groups excluding carboxylic acids is 6. The number of ketones is 2. The fourth-order valence-electron chi connectivity index (χ4n) is 15.5. The zero-order valence-electron chi connectivity index (χ0n) is 72.0.